The van der Waals surface area contributed by atoms with Gasteiger partial charge in [0.15, 0.2) is 17.3 Å². The van der Waals surface area contributed by atoms with Crippen LogP contribution in [0.4, 0.5) is 5.82 Å². The molecule has 0 aliphatic rings. The first kappa shape index (κ1) is 19.1. The number of aromatic nitrogens is 4. The number of aryl methyl sites for hydroxylation is 2. The summed E-state index contributed by atoms with van der Waals surface area (Å²) in [6.45, 7) is 3.85. The molecule has 0 atom stereocenters. The van der Waals surface area contributed by atoms with Gasteiger partial charge in [0.1, 0.15) is 12.1 Å². The number of carbonyl (C=O) groups is 1. The van der Waals surface area contributed by atoms with Crippen molar-refractivity contribution < 1.29 is 14.3 Å². The Morgan fingerprint density at radius 2 is 1.86 bits per heavy atom. The minimum atomic E-state index is -0.312. The van der Waals surface area contributed by atoms with Crippen molar-refractivity contribution in [3.8, 4) is 17.3 Å². The van der Waals surface area contributed by atoms with Gasteiger partial charge in [-0.15, -0.1) is 0 Å². The summed E-state index contributed by atoms with van der Waals surface area (Å²) in [7, 11) is 3.14. The van der Waals surface area contributed by atoms with Crippen LogP contribution in [-0.4, -0.2) is 39.9 Å². The van der Waals surface area contributed by atoms with Gasteiger partial charge in [-0.2, -0.15) is 5.10 Å². The fraction of sp³-hybridized carbons (Fsp3) is 0.200. The summed E-state index contributed by atoms with van der Waals surface area (Å²) in [5, 5.41) is 7.11. The van der Waals surface area contributed by atoms with E-state index in [2.05, 4.69) is 20.4 Å². The number of rotatable bonds is 6. The zero-order valence-corrected chi connectivity index (χ0v) is 16.1. The van der Waals surface area contributed by atoms with E-state index in [0.29, 0.717) is 23.1 Å². The molecule has 144 valence electrons. The van der Waals surface area contributed by atoms with Crippen molar-refractivity contribution in [2.75, 3.05) is 19.5 Å². The molecule has 1 amide bonds. The summed E-state index contributed by atoms with van der Waals surface area (Å²) in [6.07, 6.45) is 4.49. The molecule has 0 unspecified atom stereocenters. The fourth-order valence-electron chi connectivity index (χ4n) is 2.69. The predicted octanol–water partition coefficient (Wildman–Crippen LogP) is 2.95. The zero-order valence-electron chi connectivity index (χ0n) is 16.1. The second-order valence-electron chi connectivity index (χ2n) is 6.04. The first-order chi connectivity index (χ1) is 13.5. The molecule has 0 radical (unpaired) electrons. The van der Waals surface area contributed by atoms with Gasteiger partial charge in [-0.05, 0) is 43.7 Å². The van der Waals surface area contributed by atoms with Crippen LogP contribution in [0.3, 0.4) is 0 Å². The summed E-state index contributed by atoms with van der Waals surface area (Å²) in [6, 6.07) is 9.01. The zero-order chi connectivity index (χ0) is 20.1. The summed E-state index contributed by atoms with van der Waals surface area (Å²) in [4.78, 5) is 20.6. The van der Waals surface area contributed by atoms with E-state index in [-0.39, 0.29) is 5.91 Å². The lowest BCUT2D eigenvalue weighted by Crippen LogP contribution is -2.11. The third-order valence-electron chi connectivity index (χ3n) is 3.97. The smallest absolute Gasteiger partial charge is 0.249 e. The standard InChI is InChI=1S/C20H21N5O3/c1-13-9-14(2)25(24-13)19-11-18(21-12-22-19)23-20(26)8-6-15-5-7-16(27-3)17(10-15)28-4/h5-12H,1-4H3,(H,21,22,23,26)/b8-6+. The molecule has 0 bridgehead atoms. The average molecular weight is 379 g/mol. The molecule has 1 N–H and O–H groups in total. The second-order valence-corrected chi connectivity index (χ2v) is 6.04. The Morgan fingerprint density at radius 3 is 2.54 bits per heavy atom. The lowest BCUT2D eigenvalue weighted by atomic mass is 10.2. The molecule has 3 rings (SSSR count). The van der Waals surface area contributed by atoms with Crippen LogP contribution in [0.25, 0.3) is 11.9 Å². The number of benzene rings is 1. The highest BCUT2D eigenvalue weighted by Crippen LogP contribution is 2.27. The van der Waals surface area contributed by atoms with Gasteiger partial charge < -0.3 is 14.8 Å². The molecule has 3 aromatic rings. The number of anilines is 1. The van der Waals surface area contributed by atoms with Crippen molar-refractivity contribution in [1.82, 2.24) is 19.7 Å². The monoisotopic (exact) mass is 379 g/mol. The maximum atomic E-state index is 12.2. The van der Waals surface area contributed by atoms with Gasteiger partial charge in [0.2, 0.25) is 5.91 Å². The number of nitrogens with one attached hydrogen (secondary N) is 1. The van der Waals surface area contributed by atoms with Crippen LogP contribution in [0, 0.1) is 13.8 Å². The second kappa shape index (κ2) is 8.34. The molecule has 0 fully saturated rings. The van der Waals surface area contributed by atoms with Crippen LogP contribution in [0.2, 0.25) is 0 Å². The van der Waals surface area contributed by atoms with Crippen LogP contribution < -0.4 is 14.8 Å². The first-order valence-corrected chi connectivity index (χ1v) is 8.57. The Labute approximate surface area is 162 Å². The summed E-state index contributed by atoms with van der Waals surface area (Å²) >= 11 is 0. The highest BCUT2D eigenvalue weighted by atomic mass is 16.5. The van der Waals surface area contributed by atoms with E-state index in [1.807, 2.05) is 26.0 Å². The lowest BCUT2D eigenvalue weighted by molar-refractivity contribution is -0.111. The SMILES string of the molecule is COc1ccc(/C=C/C(=O)Nc2cc(-n3nc(C)cc3C)ncn2)cc1OC. The number of hydrogen-bond donors (Lipinski definition) is 1. The van der Waals surface area contributed by atoms with Crippen molar-refractivity contribution >= 4 is 17.8 Å². The molecular weight excluding hydrogens is 358 g/mol. The van der Waals surface area contributed by atoms with Gasteiger partial charge in [-0.1, -0.05) is 6.07 Å². The largest absolute Gasteiger partial charge is 0.493 e. The van der Waals surface area contributed by atoms with E-state index < -0.39 is 0 Å². The molecule has 0 saturated carbocycles. The Balaban J connectivity index is 1.72. The van der Waals surface area contributed by atoms with Gasteiger partial charge in [0, 0.05) is 17.8 Å². The Kier molecular flexibility index (Phi) is 5.69. The number of amides is 1. The summed E-state index contributed by atoms with van der Waals surface area (Å²) < 4.78 is 12.2. The highest BCUT2D eigenvalue weighted by Gasteiger charge is 2.08. The Bertz CT molecular complexity index is 1030. The summed E-state index contributed by atoms with van der Waals surface area (Å²) in [5.74, 6) is 1.88. The molecule has 8 heteroatoms. The maximum Gasteiger partial charge on any atom is 0.249 e. The molecule has 0 aliphatic carbocycles. The van der Waals surface area contributed by atoms with E-state index in [4.69, 9.17) is 9.47 Å². The predicted molar refractivity (Wildman–Crippen MR) is 106 cm³/mol. The number of ether oxygens (including phenoxy) is 2. The van der Waals surface area contributed by atoms with Crippen molar-refractivity contribution in [3.05, 3.63) is 59.7 Å². The quantitative estimate of drug-likeness (QED) is 0.662. The van der Waals surface area contributed by atoms with Gasteiger partial charge in [0.05, 0.1) is 19.9 Å². The topological polar surface area (TPSA) is 91.2 Å². The number of hydrogen-bond acceptors (Lipinski definition) is 6. The summed E-state index contributed by atoms with van der Waals surface area (Å²) in [5.41, 5.74) is 2.64. The van der Waals surface area contributed by atoms with E-state index in [0.717, 1.165) is 17.0 Å². The average Bonchev–Trinajstić information content (AvgIpc) is 3.04. The molecule has 0 spiro atoms. The van der Waals surface area contributed by atoms with Gasteiger partial charge >= 0.3 is 0 Å². The van der Waals surface area contributed by atoms with Gasteiger partial charge in [-0.25, -0.2) is 14.6 Å². The van der Waals surface area contributed by atoms with Crippen LogP contribution in [0.1, 0.15) is 17.0 Å². The highest BCUT2D eigenvalue weighted by molar-refractivity contribution is 6.01. The molecule has 2 heterocycles. The lowest BCUT2D eigenvalue weighted by Gasteiger charge is -2.07. The van der Waals surface area contributed by atoms with Crippen LogP contribution in [0.15, 0.2) is 42.7 Å². The van der Waals surface area contributed by atoms with Crippen molar-refractivity contribution in [1.29, 1.82) is 0 Å². The minimum Gasteiger partial charge on any atom is -0.493 e. The van der Waals surface area contributed by atoms with Crippen molar-refractivity contribution in [3.63, 3.8) is 0 Å². The molecular formula is C20H21N5O3. The Hall–Kier alpha value is -3.68. The minimum absolute atomic E-state index is 0.312. The molecule has 2 aromatic heterocycles. The molecule has 28 heavy (non-hydrogen) atoms. The Morgan fingerprint density at radius 1 is 1.07 bits per heavy atom. The van der Waals surface area contributed by atoms with Gasteiger partial charge in [0.25, 0.3) is 0 Å². The number of methoxy groups -OCH3 is 2. The normalized spacial score (nSPS) is 10.9. The third-order valence-corrected chi connectivity index (χ3v) is 3.97. The molecule has 0 aliphatic heterocycles. The number of nitrogens with zero attached hydrogens (tertiary/aromatic N) is 4. The van der Waals surface area contributed by atoms with Crippen molar-refractivity contribution in [2.24, 2.45) is 0 Å². The van der Waals surface area contributed by atoms with E-state index in [1.54, 1.807) is 43.2 Å². The third kappa shape index (κ3) is 4.35. The van der Waals surface area contributed by atoms with Gasteiger partial charge in [-0.3, -0.25) is 4.79 Å². The fourth-order valence-corrected chi connectivity index (χ4v) is 2.69. The van der Waals surface area contributed by atoms with Crippen molar-refractivity contribution in [2.45, 2.75) is 13.8 Å². The molecule has 0 saturated heterocycles. The molecule has 1 aromatic carbocycles. The van der Waals surface area contributed by atoms with Crippen LogP contribution >= 0.6 is 0 Å². The first-order valence-electron chi connectivity index (χ1n) is 8.57. The number of carbonyl (C=O) groups excluding carboxylic acids is 1. The van der Waals surface area contributed by atoms with E-state index in [1.165, 1.54) is 12.4 Å². The molecule has 8 nitrogen and oxygen atoms in total. The van der Waals surface area contributed by atoms with E-state index >= 15 is 0 Å². The van der Waals surface area contributed by atoms with E-state index in [9.17, 15) is 4.79 Å². The van der Waals surface area contributed by atoms with Crippen LogP contribution in [0.5, 0.6) is 11.5 Å². The van der Waals surface area contributed by atoms with Crippen LogP contribution in [-0.2, 0) is 4.79 Å². The maximum absolute atomic E-state index is 12.2.